The molecule has 0 saturated heterocycles. The average Bonchev–Trinajstić information content (AvgIpc) is 3.09. The van der Waals surface area contributed by atoms with Crippen LogP contribution in [0.25, 0.3) is 0 Å². The van der Waals surface area contributed by atoms with Crippen molar-refractivity contribution in [3.63, 3.8) is 0 Å². The van der Waals surface area contributed by atoms with Crippen LogP contribution in [-0.2, 0) is 17.0 Å². The van der Waals surface area contributed by atoms with Gasteiger partial charge in [0.15, 0.2) is 0 Å². The van der Waals surface area contributed by atoms with Crippen molar-refractivity contribution in [2.45, 2.75) is 23.4 Å². The van der Waals surface area contributed by atoms with Crippen LogP contribution in [0, 0.1) is 0 Å². The number of benzene rings is 2. The van der Waals surface area contributed by atoms with Gasteiger partial charge in [-0.25, -0.2) is 4.98 Å². The lowest BCUT2D eigenvalue weighted by molar-refractivity contribution is -0.115. The van der Waals surface area contributed by atoms with Gasteiger partial charge in [0.1, 0.15) is 10.1 Å². The first kappa shape index (κ1) is 19.7. The van der Waals surface area contributed by atoms with E-state index >= 15 is 0 Å². The molecule has 0 fully saturated rings. The van der Waals surface area contributed by atoms with Gasteiger partial charge < -0.3 is 10.1 Å². The molecule has 1 N–H and O–H groups in total. The molecule has 0 unspecified atom stereocenters. The molecule has 1 aromatic heterocycles. The van der Waals surface area contributed by atoms with Gasteiger partial charge in [-0.3, -0.25) is 4.79 Å². The summed E-state index contributed by atoms with van der Waals surface area (Å²) in [5.74, 6) is 1.35. The predicted octanol–water partition coefficient (Wildman–Crippen LogP) is 5.67. The van der Waals surface area contributed by atoms with Crippen LogP contribution in [0.1, 0.15) is 18.2 Å². The van der Waals surface area contributed by atoms with E-state index in [1.54, 1.807) is 23.1 Å². The summed E-state index contributed by atoms with van der Waals surface area (Å²) in [5, 5.41) is 5.55. The van der Waals surface area contributed by atoms with E-state index in [1.165, 1.54) is 0 Å². The Hall–Kier alpha value is -2.02. The maximum absolute atomic E-state index is 12.3. The largest absolute Gasteiger partial charge is 0.492 e. The van der Waals surface area contributed by atoms with E-state index < -0.39 is 0 Å². The lowest BCUT2D eigenvalue weighted by atomic mass is 10.2. The number of nitrogens with one attached hydrogen (secondary N) is 1. The van der Waals surface area contributed by atoms with Crippen LogP contribution >= 0.6 is 34.7 Å². The minimum Gasteiger partial charge on any atom is -0.492 e. The van der Waals surface area contributed by atoms with Crippen LogP contribution in [0.2, 0.25) is 5.02 Å². The van der Waals surface area contributed by atoms with E-state index in [0.29, 0.717) is 18.0 Å². The van der Waals surface area contributed by atoms with Gasteiger partial charge in [-0.05, 0) is 36.8 Å². The summed E-state index contributed by atoms with van der Waals surface area (Å²) in [6.07, 6.45) is 0.231. The first-order chi connectivity index (χ1) is 13.1. The Balaban J connectivity index is 1.55. The second kappa shape index (κ2) is 9.78. The number of hydrogen-bond acceptors (Lipinski definition) is 5. The van der Waals surface area contributed by atoms with Crippen LogP contribution in [0.4, 0.5) is 5.69 Å². The van der Waals surface area contributed by atoms with Gasteiger partial charge in [-0.1, -0.05) is 47.6 Å². The molecule has 3 aromatic rings. The van der Waals surface area contributed by atoms with E-state index in [2.05, 4.69) is 10.3 Å². The minimum absolute atomic E-state index is 0.112. The summed E-state index contributed by atoms with van der Waals surface area (Å²) in [4.78, 5) is 16.9. The number of amides is 1. The van der Waals surface area contributed by atoms with Crippen LogP contribution in [0.3, 0.4) is 0 Å². The Morgan fingerprint density at radius 2 is 2.11 bits per heavy atom. The van der Waals surface area contributed by atoms with Gasteiger partial charge in [0.25, 0.3) is 0 Å². The van der Waals surface area contributed by atoms with Crippen LogP contribution < -0.4 is 10.1 Å². The Bertz CT molecular complexity index is 914. The Morgan fingerprint density at radius 1 is 1.26 bits per heavy atom. The normalized spacial score (nSPS) is 10.6. The third-order valence-corrected chi connectivity index (χ3v) is 5.96. The first-order valence-electron chi connectivity index (χ1n) is 8.47. The number of aromatic nitrogens is 1. The number of ether oxygens (including phenoxy) is 1. The number of carbonyl (C=O) groups is 1. The zero-order valence-corrected chi connectivity index (χ0v) is 17.2. The number of carbonyl (C=O) groups excluding carboxylic acids is 1. The summed E-state index contributed by atoms with van der Waals surface area (Å²) < 4.78 is 6.47. The van der Waals surface area contributed by atoms with Crippen molar-refractivity contribution < 1.29 is 9.53 Å². The van der Waals surface area contributed by atoms with Crippen molar-refractivity contribution in [2.24, 2.45) is 0 Å². The molecule has 0 radical (unpaired) electrons. The first-order valence-corrected chi connectivity index (χ1v) is 10.7. The number of rotatable bonds is 8. The van der Waals surface area contributed by atoms with Crippen molar-refractivity contribution >= 4 is 46.3 Å². The molecule has 1 heterocycles. The van der Waals surface area contributed by atoms with Gasteiger partial charge in [0, 0.05) is 16.2 Å². The molecule has 0 bridgehead atoms. The number of thioether (sulfide) groups is 1. The summed E-state index contributed by atoms with van der Waals surface area (Å²) in [5.41, 5.74) is 2.59. The molecule has 27 heavy (non-hydrogen) atoms. The molecular weight excluding hydrogens is 400 g/mol. The molecule has 1 amide bonds. The molecule has 2 aromatic carbocycles. The molecular formula is C20H19ClN2O2S2. The molecule has 140 valence electrons. The van der Waals surface area contributed by atoms with Crippen LogP contribution in [0.5, 0.6) is 5.75 Å². The highest BCUT2D eigenvalue weighted by atomic mass is 35.5. The molecule has 4 nitrogen and oxygen atoms in total. The van der Waals surface area contributed by atoms with Crippen molar-refractivity contribution in [3.05, 3.63) is 70.2 Å². The van der Waals surface area contributed by atoms with Gasteiger partial charge >= 0.3 is 0 Å². The molecule has 0 aliphatic heterocycles. The van der Waals surface area contributed by atoms with Crippen LogP contribution in [0.15, 0.2) is 58.3 Å². The molecule has 0 spiro atoms. The average molecular weight is 419 g/mol. The Labute approximate surface area is 171 Å². The second-order valence-electron chi connectivity index (χ2n) is 5.68. The fourth-order valence-corrected chi connectivity index (χ4v) is 4.42. The number of nitrogens with zero attached hydrogens (tertiary/aromatic N) is 1. The molecule has 0 saturated carbocycles. The SMILES string of the molecule is CCOc1ccccc1NC(=O)Cc1csc(SCc2cccc(Cl)c2)n1. The van der Waals surface area contributed by atoms with E-state index in [9.17, 15) is 4.79 Å². The highest BCUT2D eigenvalue weighted by Gasteiger charge is 2.11. The highest BCUT2D eigenvalue weighted by Crippen LogP contribution is 2.28. The van der Waals surface area contributed by atoms with Crippen molar-refractivity contribution in [1.29, 1.82) is 0 Å². The Kier molecular flexibility index (Phi) is 7.15. The molecule has 7 heteroatoms. The standard InChI is InChI=1S/C20H19ClN2O2S2/c1-2-25-18-9-4-3-8-17(18)23-19(24)11-16-13-27-20(22-16)26-12-14-6-5-7-15(21)10-14/h3-10,13H,2,11-12H2,1H3,(H,23,24). The summed E-state index contributed by atoms with van der Waals surface area (Å²) >= 11 is 9.20. The molecule has 3 rings (SSSR count). The van der Waals surface area contributed by atoms with Crippen molar-refractivity contribution in [1.82, 2.24) is 4.98 Å². The van der Waals surface area contributed by atoms with Gasteiger partial charge in [-0.2, -0.15) is 0 Å². The Morgan fingerprint density at radius 3 is 2.93 bits per heavy atom. The second-order valence-corrected chi connectivity index (χ2v) is 8.19. The monoisotopic (exact) mass is 418 g/mol. The fourth-order valence-electron chi connectivity index (χ4n) is 2.42. The lowest BCUT2D eigenvalue weighted by Crippen LogP contribution is -2.15. The van der Waals surface area contributed by atoms with Crippen molar-refractivity contribution in [2.75, 3.05) is 11.9 Å². The van der Waals surface area contributed by atoms with Gasteiger partial charge in [0.05, 0.1) is 24.4 Å². The predicted molar refractivity (Wildman–Crippen MR) is 113 cm³/mol. The highest BCUT2D eigenvalue weighted by molar-refractivity contribution is 8.00. The number of anilines is 1. The summed E-state index contributed by atoms with van der Waals surface area (Å²) in [6, 6.07) is 15.2. The maximum Gasteiger partial charge on any atom is 0.230 e. The fraction of sp³-hybridized carbons (Fsp3) is 0.200. The van der Waals surface area contributed by atoms with Gasteiger partial charge in [-0.15, -0.1) is 11.3 Å². The van der Waals surface area contributed by atoms with Crippen molar-refractivity contribution in [3.8, 4) is 5.75 Å². The third-order valence-electron chi connectivity index (χ3n) is 3.58. The van der Waals surface area contributed by atoms with Gasteiger partial charge in [0.2, 0.25) is 5.91 Å². The number of hydrogen-bond donors (Lipinski definition) is 1. The zero-order chi connectivity index (χ0) is 19.1. The number of halogens is 1. The lowest BCUT2D eigenvalue weighted by Gasteiger charge is -2.10. The number of para-hydroxylation sites is 2. The van der Waals surface area contributed by atoms with E-state index in [0.717, 1.165) is 26.4 Å². The smallest absolute Gasteiger partial charge is 0.230 e. The third kappa shape index (κ3) is 5.99. The summed E-state index contributed by atoms with van der Waals surface area (Å²) in [6.45, 7) is 2.46. The maximum atomic E-state index is 12.3. The van der Waals surface area contributed by atoms with E-state index in [4.69, 9.17) is 16.3 Å². The topological polar surface area (TPSA) is 51.2 Å². The molecule has 0 aliphatic rings. The minimum atomic E-state index is -0.112. The van der Waals surface area contributed by atoms with E-state index in [-0.39, 0.29) is 12.3 Å². The number of thiazole rings is 1. The zero-order valence-electron chi connectivity index (χ0n) is 14.8. The quantitative estimate of drug-likeness (QED) is 0.479. The molecule has 0 atom stereocenters. The summed E-state index contributed by atoms with van der Waals surface area (Å²) in [7, 11) is 0. The van der Waals surface area contributed by atoms with E-state index in [1.807, 2.05) is 60.8 Å². The molecule has 0 aliphatic carbocycles. The van der Waals surface area contributed by atoms with Crippen LogP contribution in [-0.4, -0.2) is 17.5 Å².